The monoisotopic (exact) mass is 351 g/mol. The number of nitrogens with one attached hydrogen (secondary N) is 1. The number of hydrogen-bond donors (Lipinski definition) is 1. The largest absolute Gasteiger partial charge is 0.355 e. The Hall–Kier alpha value is -1.93. The van der Waals surface area contributed by atoms with Crippen molar-refractivity contribution in [2.24, 2.45) is 5.41 Å². The molecule has 0 saturated carbocycles. The predicted octanol–water partition coefficient (Wildman–Crippen LogP) is 0.0457. The van der Waals surface area contributed by atoms with E-state index in [4.69, 9.17) is 0 Å². The summed E-state index contributed by atoms with van der Waals surface area (Å²) in [4.78, 5) is 25.5. The first-order valence-corrected chi connectivity index (χ1v) is 9.34. The van der Waals surface area contributed by atoms with Crippen LogP contribution in [0, 0.1) is 5.41 Å². The second-order valence-corrected chi connectivity index (χ2v) is 8.48. The van der Waals surface area contributed by atoms with Crippen LogP contribution in [-0.2, 0) is 19.6 Å². The molecule has 0 aliphatic carbocycles. The van der Waals surface area contributed by atoms with Crippen LogP contribution >= 0.6 is 0 Å². The third kappa shape index (κ3) is 3.16. The van der Waals surface area contributed by atoms with Gasteiger partial charge in [-0.25, -0.2) is 8.42 Å². The van der Waals surface area contributed by atoms with Gasteiger partial charge < -0.3 is 10.2 Å². The number of hydrogen-bond acceptors (Lipinski definition) is 4. The minimum atomic E-state index is -3.66. The van der Waals surface area contributed by atoms with Crippen LogP contribution in [0.15, 0.2) is 35.2 Å². The van der Waals surface area contributed by atoms with Gasteiger partial charge in [-0.1, -0.05) is 18.2 Å². The number of sulfonamides is 1. The van der Waals surface area contributed by atoms with E-state index >= 15 is 0 Å². The Balaban J connectivity index is 1.94. The van der Waals surface area contributed by atoms with Crippen LogP contribution in [0.5, 0.6) is 0 Å². The first kappa shape index (κ1) is 16.9. The molecule has 0 aromatic heterocycles. The summed E-state index contributed by atoms with van der Waals surface area (Å²) in [5, 5.41) is 2.78. The van der Waals surface area contributed by atoms with Gasteiger partial charge in [-0.2, -0.15) is 4.31 Å². The van der Waals surface area contributed by atoms with Gasteiger partial charge in [0.15, 0.2) is 0 Å². The summed E-state index contributed by atoms with van der Waals surface area (Å²) < 4.78 is 27.3. The molecule has 1 aromatic rings. The van der Waals surface area contributed by atoms with Gasteiger partial charge in [0.1, 0.15) is 0 Å². The Labute approximate surface area is 141 Å². The van der Waals surface area contributed by atoms with E-state index in [-0.39, 0.29) is 36.2 Å². The lowest BCUT2D eigenvalue weighted by molar-refractivity contribution is -0.130. The van der Waals surface area contributed by atoms with Crippen LogP contribution in [0.25, 0.3) is 0 Å². The minimum absolute atomic E-state index is 0.0996. The smallest absolute Gasteiger partial charge is 0.243 e. The van der Waals surface area contributed by atoms with Crippen molar-refractivity contribution in [1.29, 1.82) is 0 Å². The van der Waals surface area contributed by atoms with E-state index in [1.807, 2.05) is 0 Å². The number of carbonyl (C=O) groups is 2. The van der Waals surface area contributed by atoms with Crippen LogP contribution in [0.3, 0.4) is 0 Å². The van der Waals surface area contributed by atoms with Crippen LogP contribution in [0.2, 0.25) is 0 Å². The van der Waals surface area contributed by atoms with Crippen molar-refractivity contribution in [2.45, 2.75) is 18.2 Å². The summed E-state index contributed by atoms with van der Waals surface area (Å²) in [6.45, 7) is 3.04. The fourth-order valence-corrected chi connectivity index (χ4v) is 4.98. The van der Waals surface area contributed by atoms with Gasteiger partial charge in [-0.15, -0.1) is 0 Å². The summed E-state index contributed by atoms with van der Waals surface area (Å²) >= 11 is 0. The second-order valence-electron chi connectivity index (χ2n) is 6.55. The third-order valence-corrected chi connectivity index (χ3v) is 6.54. The molecule has 1 spiro atoms. The highest BCUT2D eigenvalue weighted by Gasteiger charge is 2.45. The third-order valence-electron chi connectivity index (χ3n) is 4.68. The molecule has 2 amide bonds. The SMILES string of the molecule is CC(=O)N1CCN(S(=O)(=O)c2ccccc2)C[C@@]2(CNC(=O)C2)C1. The van der Waals surface area contributed by atoms with Gasteiger partial charge in [0.25, 0.3) is 0 Å². The molecule has 8 heteroatoms. The maximum Gasteiger partial charge on any atom is 0.243 e. The van der Waals surface area contributed by atoms with Crippen molar-refractivity contribution in [3.05, 3.63) is 30.3 Å². The van der Waals surface area contributed by atoms with E-state index in [1.165, 1.54) is 11.2 Å². The molecule has 24 heavy (non-hydrogen) atoms. The van der Waals surface area contributed by atoms with Crippen molar-refractivity contribution in [2.75, 3.05) is 32.7 Å². The fourth-order valence-electron chi connectivity index (χ4n) is 3.41. The molecule has 2 heterocycles. The number of nitrogens with zero attached hydrogens (tertiary/aromatic N) is 2. The summed E-state index contributed by atoms with van der Waals surface area (Å²) in [5.74, 6) is -0.204. The van der Waals surface area contributed by atoms with E-state index in [0.717, 1.165) is 0 Å². The first-order valence-electron chi connectivity index (χ1n) is 7.90. The van der Waals surface area contributed by atoms with Gasteiger partial charge in [-0.3, -0.25) is 9.59 Å². The second kappa shape index (κ2) is 6.18. The van der Waals surface area contributed by atoms with E-state index < -0.39 is 15.4 Å². The van der Waals surface area contributed by atoms with Crippen LogP contribution in [-0.4, -0.2) is 62.2 Å². The van der Waals surface area contributed by atoms with Gasteiger partial charge in [0.05, 0.1) is 4.90 Å². The zero-order valence-corrected chi connectivity index (χ0v) is 14.4. The number of rotatable bonds is 2. The summed E-state index contributed by atoms with van der Waals surface area (Å²) in [6.07, 6.45) is 0.234. The molecule has 2 saturated heterocycles. The molecule has 7 nitrogen and oxygen atoms in total. The molecule has 2 fully saturated rings. The summed E-state index contributed by atoms with van der Waals surface area (Å²) in [7, 11) is -3.66. The quantitative estimate of drug-likeness (QED) is 0.815. The lowest BCUT2D eigenvalue weighted by Gasteiger charge is -2.32. The van der Waals surface area contributed by atoms with Crippen molar-refractivity contribution in [1.82, 2.24) is 14.5 Å². The molecule has 1 N–H and O–H groups in total. The van der Waals surface area contributed by atoms with Crippen molar-refractivity contribution < 1.29 is 18.0 Å². The molecule has 0 bridgehead atoms. The summed E-state index contributed by atoms with van der Waals surface area (Å²) in [6, 6.07) is 8.26. The number of benzene rings is 1. The van der Waals surface area contributed by atoms with Gasteiger partial charge in [0.2, 0.25) is 21.8 Å². The van der Waals surface area contributed by atoms with Gasteiger partial charge in [-0.05, 0) is 12.1 Å². The normalized spacial score (nSPS) is 25.5. The molecule has 1 atom stereocenters. The van der Waals surface area contributed by atoms with Crippen molar-refractivity contribution in [3.63, 3.8) is 0 Å². The average Bonchev–Trinajstić information content (AvgIpc) is 2.79. The van der Waals surface area contributed by atoms with Crippen LogP contribution in [0.4, 0.5) is 0 Å². The van der Waals surface area contributed by atoms with Crippen LogP contribution in [0.1, 0.15) is 13.3 Å². The molecule has 130 valence electrons. The molecular weight excluding hydrogens is 330 g/mol. The van der Waals surface area contributed by atoms with Gasteiger partial charge in [0, 0.05) is 51.5 Å². The lowest BCUT2D eigenvalue weighted by atomic mass is 9.86. The van der Waals surface area contributed by atoms with Crippen molar-refractivity contribution >= 4 is 21.8 Å². The molecule has 2 aliphatic rings. The first-order chi connectivity index (χ1) is 11.3. The number of amides is 2. The lowest BCUT2D eigenvalue weighted by Crippen LogP contribution is -2.44. The topological polar surface area (TPSA) is 86.8 Å². The molecule has 0 unspecified atom stereocenters. The fraction of sp³-hybridized carbons (Fsp3) is 0.500. The Morgan fingerprint density at radius 2 is 1.88 bits per heavy atom. The van der Waals surface area contributed by atoms with Crippen molar-refractivity contribution in [3.8, 4) is 0 Å². The Kier molecular flexibility index (Phi) is 4.35. The Bertz CT molecular complexity index is 750. The van der Waals surface area contributed by atoms with Crippen LogP contribution < -0.4 is 5.32 Å². The van der Waals surface area contributed by atoms with E-state index in [2.05, 4.69) is 5.32 Å². The highest BCUT2D eigenvalue weighted by atomic mass is 32.2. The maximum absolute atomic E-state index is 13.0. The number of carbonyl (C=O) groups excluding carboxylic acids is 2. The molecular formula is C16H21N3O4S. The summed E-state index contributed by atoms with van der Waals surface area (Å²) in [5.41, 5.74) is -0.568. The minimum Gasteiger partial charge on any atom is -0.355 e. The average molecular weight is 351 g/mol. The van der Waals surface area contributed by atoms with E-state index in [9.17, 15) is 18.0 Å². The van der Waals surface area contributed by atoms with E-state index in [1.54, 1.807) is 35.2 Å². The Morgan fingerprint density at radius 1 is 1.17 bits per heavy atom. The van der Waals surface area contributed by atoms with E-state index in [0.29, 0.717) is 19.6 Å². The maximum atomic E-state index is 13.0. The predicted molar refractivity (Wildman–Crippen MR) is 87.5 cm³/mol. The molecule has 3 rings (SSSR count). The highest BCUT2D eigenvalue weighted by molar-refractivity contribution is 7.89. The standard InChI is InChI=1S/C16H21N3O4S/c1-13(20)18-7-8-19(12-16(11-18)9-15(21)17-10-16)24(22,23)14-5-3-2-4-6-14/h2-6H,7-12H2,1H3,(H,17,21)/t16-/m0/s1. The van der Waals surface area contributed by atoms with Gasteiger partial charge >= 0.3 is 0 Å². The zero-order valence-electron chi connectivity index (χ0n) is 13.6. The Morgan fingerprint density at radius 3 is 2.46 bits per heavy atom. The highest BCUT2D eigenvalue weighted by Crippen LogP contribution is 2.33. The molecule has 0 radical (unpaired) electrons. The zero-order chi connectivity index (χ0) is 17.4. The molecule has 1 aromatic carbocycles. The molecule has 2 aliphatic heterocycles.